The summed E-state index contributed by atoms with van der Waals surface area (Å²) in [6.45, 7) is 4.57. The monoisotopic (exact) mass is 769 g/mol. The van der Waals surface area contributed by atoms with Gasteiger partial charge in [0.05, 0.1) is 19.3 Å². The number of aliphatic hydroxyl groups is 3. The third-order valence-electron chi connectivity index (χ3n) is 11.5. The van der Waals surface area contributed by atoms with Gasteiger partial charge in [0.1, 0.15) is 23.7 Å². The molecule has 0 spiro atoms. The molecule has 0 aromatic heterocycles. The Balaban J connectivity index is 2.85. The number of nitrogens with zero attached hydrogens (tertiary/aromatic N) is 1. The molecule has 9 N–H and O–H groups in total. The minimum Gasteiger partial charge on any atom is -0.394 e. The van der Waals surface area contributed by atoms with Gasteiger partial charge in [-0.25, -0.2) is 0 Å². The van der Waals surface area contributed by atoms with Crippen molar-refractivity contribution in [2.24, 2.45) is 23.1 Å². The van der Waals surface area contributed by atoms with Gasteiger partial charge in [-0.05, 0) is 19.8 Å². The lowest BCUT2D eigenvalue weighted by Crippen LogP contribution is -2.77. The predicted molar refractivity (Wildman–Crippen MR) is 218 cm³/mol. The number of hydrogen-bond acceptors (Lipinski definition) is 10. The van der Waals surface area contributed by atoms with E-state index < -0.39 is 60.3 Å². The number of ether oxygens (including phenoxy) is 1. The average molecular weight is 769 g/mol. The summed E-state index contributed by atoms with van der Waals surface area (Å²) in [7, 11) is 0. The lowest BCUT2D eigenvalue weighted by molar-refractivity contribution is -0.292. The molecule has 0 aromatic carbocycles. The number of hydrogen-bond donors (Lipinski definition) is 6. The number of carbonyl (C=O) groups is 3. The first kappa shape index (κ1) is 50.5. The van der Waals surface area contributed by atoms with Crippen LogP contribution in [0.25, 0.3) is 0 Å². The summed E-state index contributed by atoms with van der Waals surface area (Å²) in [4.78, 5) is 42.0. The van der Waals surface area contributed by atoms with Crippen LogP contribution in [0, 0.1) is 5.92 Å². The molecular weight excluding hydrogens is 684 g/mol. The van der Waals surface area contributed by atoms with E-state index in [0.717, 1.165) is 44.9 Å². The minimum absolute atomic E-state index is 0.141. The van der Waals surface area contributed by atoms with Gasteiger partial charge in [0.2, 0.25) is 11.8 Å². The highest BCUT2D eigenvalue weighted by atomic mass is 16.6. The molecule has 0 bridgehead atoms. The fourth-order valence-corrected chi connectivity index (χ4v) is 7.83. The molecule has 6 atom stereocenters. The molecule has 1 aliphatic heterocycles. The molecule has 54 heavy (non-hydrogen) atoms. The maximum atomic E-state index is 14.0. The largest absolute Gasteiger partial charge is 0.394 e. The summed E-state index contributed by atoms with van der Waals surface area (Å²) >= 11 is 0. The normalized spacial score (nSPS) is 22.6. The molecule has 1 aliphatic rings. The zero-order valence-corrected chi connectivity index (χ0v) is 34.9. The van der Waals surface area contributed by atoms with Crippen molar-refractivity contribution in [2.75, 3.05) is 19.7 Å². The van der Waals surface area contributed by atoms with E-state index in [-0.39, 0.29) is 18.9 Å². The molecule has 1 saturated heterocycles. The summed E-state index contributed by atoms with van der Waals surface area (Å²) in [6.07, 6.45) is 26.7. The van der Waals surface area contributed by atoms with Crippen LogP contribution in [-0.2, 0) is 19.1 Å². The van der Waals surface area contributed by atoms with Crippen LogP contribution in [0.2, 0.25) is 0 Å². The van der Waals surface area contributed by atoms with Crippen LogP contribution in [-0.4, -0.2) is 87.1 Å². The van der Waals surface area contributed by atoms with Crippen molar-refractivity contribution in [3.63, 3.8) is 0 Å². The Morgan fingerprint density at radius 1 is 0.648 bits per heavy atom. The SMILES string of the molecule is CCCCCCCCCCCCCCCCCC(=O)N(CCCCCCCCCCCCCC)[C@]1(N)O[C@H](CO)[C@@H](O)[C@H](O)[C@H]1C(=O)[C@](C)(N)C(=O)CN. The third-order valence-corrected chi connectivity index (χ3v) is 11.5. The average Bonchev–Trinajstić information content (AvgIpc) is 3.15. The topological polar surface area (TPSA) is 202 Å². The van der Waals surface area contributed by atoms with Crippen LogP contribution < -0.4 is 17.2 Å². The van der Waals surface area contributed by atoms with E-state index in [1.807, 2.05) is 0 Å². The number of amides is 1. The first-order valence-corrected chi connectivity index (χ1v) is 22.2. The van der Waals surface area contributed by atoms with E-state index >= 15 is 0 Å². The molecule has 11 heteroatoms. The highest BCUT2D eigenvalue weighted by molar-refractivity contribution is 6.13. The summed E-state index contributed by atoms with van der Waals surface area (Å²) < 4.78 is 6.02. The maximum Gasteiger partial charge on any atom is 0.225 e. The van der Waals surface area contributed by atoms with Crippen LogP contribution in [0.5, 0.6) is 0 Å². The molecule has 0 unspecified atom stereocenters. The Morgan fingerprint density at radius 3 is 1.39 bits per heavy atom. The lowest BCUT2D eigenvalue weighted by atomic mass is 9.75. The second kappa shape index (κ2) is 29.7. The van der Waals surface area contributed by atoms with E-state index in [1.165, 1.54) is 127 Å². The molecule has 0 aromatic rings. The van der Waals surface area contributed by atoms with Crippen LogP contribution in [0.15, 0.2) is 0 Å². The standard InChI is InChI=1S/C43H84N4O7/c1-4-6-8-10-12-14-16-18-19-20-21-23-25-27-29-31-37(50)47(32-30-28-26-24-22-17-15-13-11-9-7-5-2)43(46)38(40(52)39(51)35(34-48)54-43)41(53)42(3,45)36(49)33-44/h35,38-40,48,51-52H,4-34,44-46H2,1-3H3/t35-,38+,39-,40-,42-,43+/m1/s1. The summed E-state index contributed by atoms with van der Waals surface area (Å²) in [5.74, 6) is -6.14. The van der Waals surface area contributed by atoms with E-state index in [1.54, 1.807) is 0 Å². The Hall–Kier alpha value is -1.47. The molecule has 0 aliphatic carbocycles. The second-order valence-corrected chi connectivity index (χ2v) is 16.4. The van der Waals surface area contributed by atoms with E-state index in [2.05, 4.69) is 13.8 Å². The molecule has 1 fully saturated rings. The number of unbranched alkanes of at least 4 members (excludes halogenated alkanes) is 25. The first-order chi connectivity index (χ1) is 25.9. The van der Waals surface area contributed by atoms with Crippen molar-refractivity contribution in [3.05, 3.63) is 0 Å². The second-order valence-electron chi connectivity index (χ2n) is 16.4. The predicted octanol–water partition coefficient (Wildman–Crippen LogP) is 6.93. The molecule has 11 nitrogen and oxygen atoms in total. The van der Waals surface area contributed by atoms with Gasteiger partial charge in [-0.15, -0.1) is 0 Å². The lowest BCUT2D eigenvalue weighted by Gasteiger charge is -2.53. The molecule has 0 saturated carbocycles. The molecule has 1 amide bonds. The number of carbonyl (C=O) groups excluding carboxylic acids is 3. The summed E-state index contributed by atoms with van der Waals surface area (Å²) in [5, 5.41) is 32.2. The van der Waals surface area contributed by atoms with Crippen molar-refractivity contribution in [1.82, 2.24) is 4.90 Å². The fourth-order valence-electron chi connectivity index (χ4n) is 7.83. The Labute approximate surface area is 329 Å². The smallest absolute Gasteiger partial charge is 0.225 e. The van der Waals surface area contributed by atoms with Crippen molar-refractivity contribution < 1.29 is 34.4 Å². The van der Waals surface area contributed by atoms with Gasteiger partial charge in [0, 0.05) is 13.0 Å². The quantitative estimate of drug-likeness (QED) is 0.0223. The van der Waals surface area contributed by atoms with Crippen LogP contribution in [0.4, 0.5) is 0 Å². The molecule has 1 heterocycles. The number of aliphatic hydroxyl groups excluding tert-OH is 3. The van der Waals surface area contributed by atoms with Crippen molar-refractivity contribution >= 4 is 17.5 Å². The van der Waals surface area contributed by atoms with Gasteiger partial charge in [0.25, 0.3) is 0 Å². The third kappa shape index (κ3) is 18.2. The Bertz CT molecular complexity index is 999. The van der Waals surface area contributed by atoms with E-state index in [0.29, 0.717) is 12.8 Å². The van der Waals surface area contributed by atoms with Gasteiger partial charge in [-0.2, -0.15) is 0 Å². The van der Waals surface area contributed by atoms with Gasteiger partial charge in [0.15, 0.2) is 11.6 Å². The van der Waals surface area contributed by atoms with Crippen molar-refractivity contribution in [3.8, 4) is 0 Å². The zero-order valence-electron chi connectivity index (χ0n) is 34.9. The Morgan fingerprint density at radius 2 is 1.02 bits per heavy atom. The van der Waals surface area contributed by atoms with Gasteiger partial charge in [-0.3, -0.25) is 20.1 Å². The first-order valence-electron chi connectivity index (χ1n) is 22.2. The van der Waals surface area contributed by atoms with Crippen LogP contribution in [0.1, 0.15) is 201 Å². The fraction of sp³-hybridized carbons (Fsp3) is 0.930. The van der Waals surface area contributed by atoms with Gasteiger partial charge < -0.3 is 36.4 Å². The summed E-state index contributed by atoms with van der Waals surface area (Å²) in [6, 6.07) is 0. The number of ketones is 2. The van der Waals surface area contributed by atoms with Gasteiger partial charge >= 0.3 is 0 Å². The molecule has 0 radical (unpaired) electrons. The van der Waals surface area contributed by atoms with Gasteiger partial charge in [-0.1, -0.05) is 174 Å². The van der Waals surface area contributed by atoms with Crippen LogP contribution in [0.3, 0.4) is 0 Å². The summed E-state index contributed by atoms with van der Waals surface area (Å²) in [5.41, 5.74) is 16.5. The minimum atomic E-state index is -2.26. The highest BCUT2D eigenvalue weighted by Gasteiger charge is 2.61. The van der Waals surface area contributed by atoms with Crippen molar-refractivity contribution in [2.45, 2.75) is 230 Å². The maximum absolute atomic E-state index is 14.0. The highest BCUT2D eigenvalue weighted by Crippen LogP contribution is 2.38. The molecular formula is C43H84N4O7. The number of Topliss-reactive ketones (excluding diaryl/α,β-unsaturated/α-hetero) is 2. The number of nitrogens with two attached hydrogens (primary N) is 3. The van der Waals surface area contributed by atoms with Crippen LogP contribution >= 0.6 is 0 Å². The molecule has 1 rings (SSSR count). The number of rotatable bonds is 35. The van der Waals surface area contributed by atoms with E-state index in [9.17, 15) is 29.7 Å². The Kier molecular flexibility index (Phi) is 27.8. The zero-order chi connectivity index (χ0) is 40.2. The van der Waals surface area contributed by atoms with E-state index in [4.69, 9.17) is 21.9 Å². The van der Waals surface area contributed by atoms with Crippen molar-refractivity contribution in [1.29, 1.82) is 0 Å². The molecule has 318 valence electrons.